The Hall–Kier alpha value is -2.45. The van der Waals surface area contributed by atoms with Crippen molar-refractivity contribution in [2.24, 2.45) is 4.40 Å². The number of hydrogen-bond donors (Lipinski definition) is 2. The van der Waals surface area contributed by atoms with Crippen LogP contribution < -0.4 is 5.32 Å². The van der Waals surface area contributed by atoms with Crippen LogP contribution in [0.15, 0.2) is 52.9 Å². The number of halogens is 1. The Balaban J connectivity index is 2.01. The van der Waals surface area contributed by atoms with Gasteiger partial charge in [0.05, 0.1) is 6.04 Å². The van der Waals surface area contributed by atoms with Crippen LogP contribution in [0.3, 0.4) is 0 Å². The molecular formula is C25H33FN2O4S. The summed E-state index contributed by atoms with van der Waals surface area (Å²) in [4.78, 5) is 0. The topological polar surface area (TPSA) is 88.0 Å². The number of aliphatic hydroxyl groups excluding tert-OH is 1. The second kappa shape index (κ2) is 8.72. The van der Waals surface area contributed by atoms with Crippen molar-refractivity contribution in [3.63, 3.8) is 0 Å². The molecule has 1 unspecified atom stereocenters. The maximum Gasteiger partial charge on any atom is 0.301 e. The van der Waals surface area contributed by atoms with E-state index in [9.17, 15) is 17.9 Å². The van der Waals surface area contributed by atoms with Crippen molar-refractivity contribution < 1.29 is 22.7 Å². The Morgan fingerprint density at radius 2 is 1.70 bits per heavy atom. The van der Waals surface area contributed by atoms with Crippen molar-refractivity contribution in [3.05, 3.63) is 71.0 Å². The summed E-state index contributed by atoms with van der Waals surface area (Å²) in [6.07, 6.45) is 0.148. The molecule has 0 aliphatic carbocycles. The number of amidine groups is 1. The Morgan fingerprint density at radius 3 is 2.21 bits per heavy atom. The van der Waals surface area contributed by atoms with Crippen LogP contribution in [0.25, 0.3) is 0 Å². The minimum absolute atomic E-state index is 0.0689. The molecule has 1 heterocycles. The second-order valence-corrected chi connectivity index (χ2v) is 12.0. The SMILES string of the molecule is CC(C)(C)c1ccc(C2(C)C(C)(C)OC(N[C@@H](CCO)c3ccccc3F)=NS2(=O)=O)cc1. The number of aliphatic hydroxyl groups is 1. The fourth-order valence-corrected chi connectivity index (χ4v) is 5.64. The Labute approximate surface area is 196 Å². The molecular weight excluding hydrogens is 443 g/mol. The lowest BCUT2D eigenvalue weighted by atomic mass is 9.81. The first-order valence-electron chi connectivity index (χ1n) is 11.0. The normalized spacial score (nSPS) is 22.7. The van der Waals surface area contributed by atoms with Crippen molar-refractivity contribution in [1.29, 1.82) is 0 Å². The van der Waals surface area contributed by atoms with E-state index in [1.54, 1.807) is 39.0 Å². The van der Waals surface area contributed by atoms with E-state index < -0.39 is 32.2 Å². The number of rotatable bonds is 5. The Bertz CT molecular complexity index is 1140. The maximum absolute atomic E-state index is 14.4. The van der Waals surface area contributed by atoms with E-state index in [0.717, 1.165) is 5.56 Å². The number of ether oxygens (including phenoxy) is 1. The van der Waals surface area contributed by atoms with Crippen LogP contribution in [0.2, 0.25) is 0 Å². The maximum atomic E-state index is 14.4. The largest absolute Gasteiger partial charge is 0.456 e. The molecule has 0 spiro atoms. The van der Waals surface area contributed by atoms with Gasteiger partial charge in [-0.2, -0.15) is 0 Å². The molecule has 0 bridgehead atoms. The van der Waals surface area contributed by atoms with Crippen LogP contribution in [0.1, 0.15) is 70.7 Å². The number of nitrogens with zero attached hydrogens (tertiary/aromatic N) is 1. The number of nitrogens with one attached hydrogen (secondary N) is 1. The lowest BCUT2D eigenvalue weighted by Crippen LogP contribution is -2.58. The minimum Gasteiger partial charge on any atom is -0.456 e. The molecule has 2 atom stereocenters. The van der Waals surface area contributed by atoms with Crippen LogP contribution >= 0.6 is 0 Å². The quantitative estimate of drug-likeness (QED) is 0.661. The predicted octanol–water partition coefficient (Wildman–Crippen LogP) is 4.55. The smallest absolute Gasteiger partial charge is 0.301 e. The highest BCUT2D eigenvalue weighted by molar-refractivity contribution is 7.91. The van der Waals surface area contributed by atoms with E-state index in [2.05, 4.69) is 30.5 Å². The molecule has 0 saturated carbocycles. The summed E-state index contributed by atoms with van der Waals surface area (Å²) in [6.45, 7) is 11.0. The van der Waals surface area contributed by atoms with E-state index in [1.165, 1.54) is 6.07 Å². The zero-order valence-corrected chi connectivity index (χ0v) is 20.8. The van der Waals surface area contributed by atoms with E-state index >= 15 is 0 Å². The summed E-state index contributed by atoms with van der Waals surface area (Å²) in [6, 6.07) is 12.7. The van der Waals surface area contributed by atoms with Gasteiger partial charge >= 0.3 is 6.02 Å². The third-order valence-electron chi connectivity index (χ3n) is 6.52. The van der Waals surface area contributed by atoms with Gasteiger partial charge < -0.3 is 15.2 Å². The lowest BCUT2D eigenvalue weighted by Gasteiger charge is -2.45. The molecule has 2 N–H and O–H groups in total. The molecule has 0 fully saturated rings. The van der Waals surface area contributed by atoms with E-state index in [1.807, 2.05) is 24.3 Å². The molecule has 3 rings (SSSR count). The van der Waals surface area contributed by atoms with E-state index in [0.29, 0.717) is 11.1 Å². The minimum atomic E-state index is -4.09. The third kappa shape index (κ3) is 4.64. The molecule has 0 amide bonds. The van der Waals surface area contributed by atoms with Gasteiger partial charge in [0.2, 0.25) is 0 Å². The van der Waals surface area contributed by atoms with Crippen molar-refractivity contribution in [1.82, 2.24) is 5.32 Å². The predicted molar refractivity (Wildman–Crippen MR) is 128 cm³/mol. The molecule has 1 aliphatic heterocycles. The lowest BCUT2D eigenvalue weighted by molar-refractivity contribution is 0.0393. The van der Waals surface area contributed by atoms with Crippen LogP contribution in [-0.4, -0.2) is 31.8 Å². The van der Waals surface area contributed by atoms with Crippen LogP contribution in [0.5, 0.6) is 0 Å². The van der Waals surface area contributed by atoms with Gasteiger partial charge in [0.25, 0.3) is 10.0 Å². The highest BCUT2D eigenvalue weighted by Crippen LogP contribution is 2.46. The Kier molecular flexibility index (Phi) is 6.65. The molecule has 8 heteroatoms. The third-order valence-corrected chi connectivity index (χ3v) is 8.68. The van der Waals surface area contributed by atoms with Gasteiger partial charge in [-0.25, -0.2) is 12.8 Å². The van der Waals surface area contributed by atoms with Crippen molar-refractivity contribution >= 4 is 16.0 Å². The first-order chi connectivity index (χ1) is 15.2. The summed E-state index contributed by atoms with van der Waals surface area (Å²) in [7, 11) is -4.09. The Morgan fingerprint density at radius 1 is 1.09 bits per heavy atom. The zero-order valence-electron chi connectivity index (χ0n) is 20.0. The summed E-state index contributed by atoms with van der Waals surface area (Å²) in [5.74, 6) is -0.467. The molecule has 0 radical (unpaired) electrons. The van der Waals surface area contributed by atoms with Gasteiger partial charge in [-0.1, -0.05) is 63.2 Å². The van der Waals surface area contributed by atoms with Gasteiger partial charge in [-0.15, -0.1) is 4.40 Å². The van der Waals surface area contributed by atoms with Crippen molar-refractivity contribution in [2.45, 2.75) is 69.8 Å². The fraction of sp³-hybridized carbons (Fsp3) is 0.480. The van der Waals surface area contributed by atoms with E-state index in [-0.39, 0.29) is 24.5 Å². The van der Waals surface area contributed by atoms with Gasteiger partial charge in [-0.3, -0.25) is 0 Å². The highest BCUT2D eigenvalue weighted by atomic mass is 32.2. The summed E-state index contributed by atoms with van der Waals surface area (Å²) >= 11 is 0. The number of benzene rings is 2. The summed E-state index contributed by atoms with van der Waals surface area (Å²) < 4.78 is 50.0. The second-order valence-electron chi connectivity index (χ2n) is 10.1. The highest BCUT2D eigenvalue weighted by Gasteiger charge is 2.58. The monoisotopic (exact) mass is 476 g/mol. The standard InChI is InChI=1S/C25H33FN2O4S/c1-23(2,3)17-11-13-18(14-12-17)25(6)24(4,5)32-22(28-33(25,30)31)27-21(15-16-29)19-9-7-8-10-20(19)26/h7-14,21,29H,15-16H2,1-6H3,(H,27,28)/t21-,25?/m0/s1. The molecule has 2 aromatic rings. The van der Waals surface area contributed by atoms with Gasteiger partial charge in [0, 0.05) is 12.2 Å². The molecule has 33 heavy (non-hydrogen) atoms. The first-order valence-corrected chi connectivity index (χ1v) is 12.4. The van der Waals surface area contributed by atoms with Gasteiger partial charge in [0.15, 0.2) is 4.75 Å². The zero-order chi connectivity index (χ0) is 24.7. The van der Waals surface area contributed by atoms with Crippen LogP contribution in [0.4, 0.5) is 4.39 Å². The van der Waals surface area contributed by atoms with Gasteiger partial charge in [0.1, 0.15) is 11.4 Å². The van der Waals surface area contributed by atoms with Crippen LogP contribution in [-0.2, 0) is 24.9 Å². The average molecular weight is 477 g/mol. The molecule has 6 nitrogen and oxygen atoms in total. The van der Waals surface area contributed by atoms with Gasteiger partial charge in [-0.05, 0) is 49.8 Å². The van der Waals surface area contributed by atoms with Crippen molar-refractivity contribution in [2.75, 3.05) is 6.61 Å². The molecule has 0 aromatic heterocycles. The number of hydrogen-bond acceptors (Lipinski definition) is 5. The molecule has 2 aromatic carbocycles. The van der Waals surface area contributed by atoms with E-state index in [4.69, 9.17) is 4.74 Å². The number of sulfonamides is 1. The summed E-state index contributed by atoms with van der Waals surface area (Å²) in [5.41, 5.74) is 0.687. The van der Waals surface area contributed by atoms with Crippen LogP contribution in [0, 0.1) is 5.82 Å². The van der Waals surface area contributed by atoms with Crippen molar-refractivity contribution in [3.8, 4) is 0 Å². The molecule has 0 saturated heterocycles. The molecule has 1 aliphatic rings. The summed E-state index contributed by atoms with van der Waals surface area (Å²) in [5, 5.41) is 12.4. The molecule has 180 valence electrons. The fourth-order valence-electron chi connectivity index (χ4n) is 4.05. The average Bonchev–Trinajstić information content (AvgIpc) is 2.71. The first kappa shape index (κ1) is 25.2.